The third kappa shape index (κ3) is 3.64. The van der Waals surface area contributed by atoms with Gasteiger partial charge in [0.15, 0.2) is 0 Å². The zero-order chi connectivity index (χ0) is 18.7. The van der Waals surface area contributed by atoms with E-state index in [4.69, 9.17) is 16.6 Å². The van der Waals surface area contributed by atoms with Gasteiger partial charge in [0.05, 0.1) is 27.7 Å². The molecule has 0 saturated carbocycles. The van der Waals surface area contributed by atoms with Gasteiger partial charge in [0.2, 0.25) is 0 Å². The summed E-state index contributed by atoms with van der Waals surface area (Å²) in [7, 11) is 0. The highest BCUT2D eigenvalue weighted by molar-refractivity contribution is 6.30. The Morgan fingerprint density at radius 3 is 2.77 bits per heavy atom. The van der Waals surface area contributed by atoms with Crippen LogP contribution in [-0.4, -0.2) is 16.1 Å². The number of nitrogens with zero attached hydrogens (tertiary/aromatic N) is 2. The molecule has 0 spiro atoms. The maximum atomic E-state index is 13.6. The van der Waals surface area contributed by atoms with E-state index in [1.807, 2.05) is 19.1 Å². The van der Waals surface area contributed by atoms with Crippen molar-refractivity contribution in [2.75, 3.05) is 6.54 Å². The van der Waals surface area contributed by atoms with Crippen LogP contribution in [0.3, 0.4) is 0 Å². The molecule has 1 N–H and O–H groups in total. The van der Waals surface area contributed by atoms with E-state index in [1.165, 1.54) is 16.7 Å². The molecule has 3 aromatic rings. The Labute approximate surface area is 156 Å². The van der Waals surface area contributed by atoms with Crippen molar-refractivity contribution in [2.24, 2.45) is 0 Å². The molecular formula is C20H21ClFN3O. The Bertz CT molecular complexity index is 986. The summed E-state index contributed by atoms with van der Waals surface area (Å²) in [5.74, 6) is 0.0559. The normalized spacial score (nSPS) is 12.5. The maximum Gasteiger partial charge on any atom is 0.266 e. The third-order valence-corrected chi connectivity index (χ3v) is 4.62. The summed E-state index contributed by atoms with van der Waals surface area (Å²) < 4.78 is 15.1. The summed E-state index contributed by atoms with van der Waals surface area (Å²) in [4.78, 5) is 17.8. The van der Waals surface area contributed by atoms with Gasteiger partial charge in [-0.05, 0) is 50.2 Å². The van der Waals surface area contributed by atoms with Gasteiger partial charge in [-0.25, -0.2) is 9.37 Å². The van der Waals surface area contributed by atoms with Crippen molar-refractivity contribution >= 4 is 22.5 Å². The zero-order valence-corrected chi connectivity index (χ0v) is 15.6. The minimum atomic E-state index is -0.520. The first-order chi connectivity index (χ1) is 12.5. The molecule has 0 fully saturated rings. The molecule has 2 aromatic carbocycles. The average Bonchev–Trinajstić information content (AvgIpc) is 2.64. The van der Waals surface area contributed by atoms with E-state index in [-0.39, 0.29) is 16.6 Å². The van der Waals surface area contributed by atoms with Crippen LogP contribution in [0.25, 0.3) is 16.6 Å². The summed E-state index contributed by atoms with van der Waals surface area (Å²) in [5.41, 5.74) is 0.942. The molecule has 0 amide bonds. The molecule has 6 heteroatoms. The number of halogens is 2. The van der Waals surface area contributed by atoms with Gasteiger partial charge in [-0.3, -0.25) is 9.36 Å². The number of hydrogen-bond donors (Lipinski definition) is 1. The van der Waals surface area contributed by atoms with Crippen molar-refractivity contribution in [3.63, 3.8) is 0 Å². The second kappa shape index (κ2) is 7.98. The van der Waals surface area contributed by atoms with Gasteiger partial charge in [-0.2, -0.15) is 0 Å². The van der Waals surface area contributed by atoms with Crippen LogP contribution in [0.2, 0.25) is 5.02 Å². The lowest BCUT2D eigenvalue weighted by Gasteiger charge is -2.20. The van der Waals surface area contributed by atoms with Gasteiger partial charge < -0.3 is 5.32 Å². The Morgan fingerprint density at radius 2 is 2.04 bits per heavy atom. The van der Waals surface area contributed by atoms with Crippen molar-refractivity contribution in [1.29, 1.82) is 0 Å². The highest BCUT2D eigenvalue weighted by Crippen LogP contribution is 2.22. The summed E-state index contributed by atoms with van der Waals surface area (Å²) in [6.07, 6.45) is 2.11. The molecule has 3 rings (SSSR count). The van der Waals surface area contributed by atoms with Crippen molar-refractivity contribution in [3.8, 4) is 5.69 Å². The van der Waals surface area contributed by atoms with Crippen LogP contribution >= 0.6 is 11.6 Å². The molecule has 0 unspecified atom stereocenters. The van der Waals surface area contributed by atoms with Gasteiger partial charge in [0.1, 0.15) is 11.6 Å². The Hall–Kier alpha value is -2.24. The molecule has 136 valence electrons. The number of unbranched alkanes of at least 4 members (excludes halogenated alkanes) is 1. The predicted octanol–water partition coefficient (Wildman–Crippen LogP) is 4.63. The topological polar surface area (TPSA) is 46.9 Å². The molecule has 26 heavy (non-hydrogen) atoms. The van der Waals surface area contributed by atoms with Crippen LogP contribution < -0.4 is 10.9 Å². The first-order valence-corrected chi connectivity index (χ1v) is 9.11. The second-order valence-electron chi connectivity index (χ2n) is 6.26. The van der Waals surface area contributed by atoms with Gasteiger partial charge in [0.25, 0.3) is 5.56 Å². The Kier molecular flexibility index (Phi) is 5.69. The molecule has 0 radical (unpaired) electrons. The number of rotatable bonds is 6. The first kappa shape index (κ1) is 18.5. The van der Waals surface area contributed by atoms with Crippen LogP contribution in [0, 0.1) is 5.82 Å². The number of aromatic nitrogens is 2. The second-order valence-corrected chi connectivity index (χ2v) is 6.66. The molecule has 0 aliphatic heterocycles. The minimum Gasteiger partial charge on any atom is -0.308 e. The van der Waals surface area contributed by atoms with Crippen molar-refractivity contribution in [1.82, 2.24) is 14.9 Å². The fourth-order valence-corrected chi connectivity index (χ4v) is 3.08. The minimum absolute atomic E-state index is 0.0277. The van der Waals surface area contributed by atoms with Crippen molar-refractivity contribution < 1.29 is 4.39 Å². The van der Waals surface area contributed by atoms with Crippen molar-refractivity contribution in [3.05, 3.63) is 69.5 Å². The van der Waals surface area contributed by atoms with E-state index in [2.05, 4.69) is 12.2 Å². The zero-order valence-electron chi connectivity index (χ0n) is 14.8. The SMILES string of the molecule is CCCCN[C@H](C)c1nc2ccccc2c(=O)n1-c1ccc(F)c(Cl)c1. The number of benzene rings is 2. The highest BCUT2D eigenvalue weighted by atomic mass is 35.5. The maximum absolute atomic E-state index is 13.6. The van der Waals surface area contributed by atoms with E-state index in [1.54, 1.807) is 18.2 Å². The lowest BCUT2D eigenvalue weighted by Crippen LogP contribution is -2.30. The van der Waals surface area contributed by atoms with Gasteiger partial charge in [0, 0.05) is 0 Å². The van der Waals surface area contributed by atoms with E-state index in [0.717, 1.165) is 19.4 Å². The summed E-state index contributed by atoms with van der Waals surface area (Å²) >= 11 is 5.94. The molecule has 0 bridgehead atoms. The van der Waals surface area contributed by atoms with Gasteiger partial charge >= 0.3 is 0 Å². The molecular weight excluding hydrogens is 353 g/mol. The van der Waals surface area contributed by atoms with Crippen LogP contribution in [0.4, 0.5) is 4.39 Å². The number of fused-ring (bicyclic) bond motifs is 1. The first-order valence-electron chi connectivity index (χ1n) is 8.73. The quantitative estimate of drug-likeness (QED) is 0.641. The third-order valence-electron chi connectivity index (χ3n) is 4.33. The van der Waals surface area contributed by atoms with Crippen LogP contribution in [0.15, 0.2) is 47.3 Å². The summed E-state index contributed by atoms with van der Waals surface area (Å²) in [6, 6.07) is 11.3. The van der Waals surface area contributed by atoms with Crippen LogP contribution in [0.1, 0.15) is 38.6 Å². The lowest BCUT2D eigenvalue weighted by molar-refractivity contribution is 0.520. The average molecular weight is 374 g/mol. The van der Waals surface area contributed by atoms with Crippen LogP contribution in [0.5, 0.6) is 0 Å². The lowest BCUT2D eigenvalue weighted by atomic mass is 10.2. The smallest absolute Gasteiger partial charge is 0.266 e. The molecule has 0 aliphatic carbocycles. The molecule has 1 heterocycles. The summed E-state index contributed by atoms with van der Waals surface area (Å²) in [6.45, 7) is 4.91. The summed E-state index contributed by atoms with van der Waals surface area (Å²) in [5, 5.41) is 3.88. The fraction of sp³-hybridized carbons (Fsp3) is 0.300. The van der Waals surface area contributed by atoms with Crippen molar-refractivity contribution in [2.45, 2.75) is 32.7 Å². The fourth-order valence-electron chi connectivity index (χ4n) is 2.90. The standard InChI is InChI=1S/C20H21ClFN3O/c1-3-4-11-23-13(2)19-24-18-8-6-5-7-15(18)20(26)25(19)14-9-10-17(22)16(21)12-14/h5-10,12-13,23H,3-4,11H2,1-2H3/t13-/m1/s1. The molecule has 0 saturated heterocycles. The Balaban J connectivity index is 2.20. The molecule has 1 aromatic heterocycles. The molecule has 0 aliphatic rings. The number of para-hydroxylation sites is 1. The van der Waals surface area contributed by atoms with E-state index in [0.29, 0.717) is 22.4 Å². The largest absolute Gasteiger partial charge is 0.308 e. The predicted molar refractivity (Wildman–Crippen MR) is 104 cm³/mol. The van der Waals surface area contributed by atoms with Gasteiger partial charge in [-0.15, -0.1) is 0 Å². The van der Waals surface area contributed by atoms with E-state index < -0.39 is 5.82 Å². The van der Waals surface area contributed by atoms with Crippen LogP contribution in [-0.2, 0) is 0 Å². The van der Waals surface area contributed by atoms with E-state index in [9.17, 15) is 9.18 Å². The monoisotopic (exact) mass is 373 g/mol. The Morgan fingerprint density at radius 1 is 1.27 bits per heavy atom. The number of nitrogens with one attached hydrogen (secondary N) is 1. The van der Waals surface area contributed by atoms with E-state index >= 15 is 0 Å². The molecule has 4 nitrogen and oxygen atoms in total. The molecule has 1 atom stereocenters. The number of hydrogen-bond acceptors (Lipinski definition) is 3. The highest BCUT2D eigenvalue weighted by Gasteiger charge is 2.18. The van der Waals surface area contributed by atoms with Gasteiger partial charge in [-0.1, -0.05) is 37.1 Å².